The summed E-state index contributed by atoms with van der Waals surface area (Å²) >= 11 is 0. The largest absolute Gasteiger partial charge is 0.452 e. The summed E-state index contributed by atoms with van der Waals surface area (Å²) in [5.74, 6) is -1.39. The van der Waals surface area contributed by atoms with Crippen LogP contribution in [-0.4, -0.2) is 42.9 Å². The van der Waals surface area contributed by atoms with Crippen molar-refractivity contribution in [3.63, 3.8) is 0 Å². The van der Waals surface area contributed by atoms with Crippen molar-refractivity contribution in [2.75, 3.05) is 25.5 Å². The molecule has 0 aromatic heterocycles. The predicted molar refractivity (Wildman–Crippen MR) is 120 cm³/mol. The van der Waals surface area contributed by atoms with Crippen LogP contribution in [-0.2, 0) is 14.3 Å². The summed E-state index contributed by atoms with van der Waals surface area (Å²) in [5.41, 5.74) is 4.12. The lowest BCUT2D eigenvalue weighted by Crippen LogP contribution is -2.37. The lowest BCUT2D eigenvalue weighted by atomic mass is 10.0. The van der Waals surface area contributed by atoms with Crippen molar-refractivity contribution in [2.45, 2.75) is 6.92 Å². The summed E-state index contributed by atoms with van der Waals surface area (Å²) in [5, 5.41) is 2.72. The van der Waals surface area contributed by atoms with Gasteiger partial charge in [-0.2, -0.15) is 0 Å². The van der Waals surface area contributed by atoms with Crippen LogP contribution in [0.3, 0.4) is 0 Å². The molecule has 0 bridgehead atoms. The van der Waals surface area contributed by atoms with Gasteiger partial charge in [-0.15, -0.1) is 0 Å². The van der Waals surface area contributed by atoms with Gasteiger partial charge in [-0.05, 0) is 42.3 Å². The highest BCUT2D eigenvalue weighted by Crippen LogP contribution is 2.19. The van der Waals surface area contributed by atoms with E-state index in [1.807, 2.05) is 61.5 Å². The van der Waals surface area contributed by atoms with E-state index in [-0.39, 0.29) is 12.5 Å². The van der Waals surface area contributed by atoms with Crippen LogP contribution < -0.4 is 5.32 Å². The third-order valence-electron chi connectivity index (χ3n) is 4.70. The van der Waals surface area contributed by atoms with Gasteiger partial charge in [0.1, 0.15) is 0 Å². The van der Waals surface area contributed by atoms with Crippen LogP contribution >= 0.6 is 0 Å². The average molecular weight is 416 g/mol. The van der Waals surface area contributed by atoms with E-state index in [1.54, 1.807) is 24.3 Å². The Kier molecular flexibility index (Phi) is 7.17. The number of hydrogen-bond acceptors (Lipinski definition) is 4. The van der Waals surface area contributed by atoms with Crippen molar-refractivity contribution in [1.29, 1.82) is 0 Å². The number of nitrogens with one attached hydrogen (secondary N) is 1. The summed E-state index contributed by atoms with van der Waals surface area (Å²) in [4.78, 5) is 37.8. The Morgan fingerprint density at radius 3 is 2.10 bits per heavy atom. The predicted octanol–water partition coefficient (Wildman–Crippen LogP) is 3.92. The van der Waals surface area contributed by atoms with E-state index >= 15 is 0 Å². The number of anilines is 1. The average Bonchev–Trinajstić information content (AvgIpc) is 2.79. The highest BCUT2D eigenvalue weighted by Gasteiger charge is 2.16. The molecule has 0 atom stereocenters. The van der Waals surface area contributed by atoms with Crippen molar-refractivity contribution in [3.05, 3.63) is 90.0 Å². The molecule has 0 fully saturated rings. The molecule has 3 aromatic carbocycles. The standard InChI is InChI=1S/C25H24N2O4/c1-18-8-14-22(15-9-18)26-23(28)16-27(2)24(29)17-31-25(30)21-12-10-20(11-13-21)19-6-4-3-5-7-19/h3-15H,16-17H2,1-2H3,(H,26,28). The van der Waals surface area contributed by atoms with Crippen LogP contribution in [0.25, 0.3) is 11.1 Å². The summed E-state index contributed by atoms with van der Waals surface area (Å²) < 4.78 is 5.11. The van der Waals surface area contributed by atoms with Crippen molar-refractivity contribution < 1.29 is 19.1 Å². The number of amides is 2. The summed E-state index contributed by atoms with van der Waals surface area (Å²) in [6.45, 7) is 1.38. The Balaban J connectivity index is 1.47. The molecule has 0 radical (unpaired) electrons. The number of likely N-dealkylation sites (N-methyl/N-ethyl adjacent to an activating group) is 1. The summed E-state index contributed by atoms with van der Waals surface area (Å²) in [6, 6.07) is 24.1. The molecule has 6 nitrogen and oxygen atoms in total. The zero-order valence-electron chi connectivity index (χ0n) is 17.5. The maximum Gasteiger partial charge on any atom is 0.338 e. The van der Waals surface area contributed by atoms with E-state index in [4.69, 9.17) is 4.74 Å². The lowest BCUT2D eigenvalue weighted by molar-refractivity contribution is -0.136. The number of carbonyl (C=O) groups is 3. The monoisotopic (exact) mass is 416 g/mol. The molecule has 0 aliphatic heterocycles. The SMILES string of the molecule is Cc1ccc(NC(=O)CN(C)C(=O)COC(=O)c2ccc(-c3ccccc3)cc2)cc1. The van der Waals surface area contributed by atoms with Gasteiger partial charge in [0.25, 0.3) is 5.91 Å². The maximum absolute atomic E-state index is 12.2. The highest BCUT2D eigenvalue weighted by atomic mass is 16.5. The first-order valence-corrected chi connectivity index (χ1v) is 9.85. The molecule has 6 heteroatoms. The number of ether oxygens (including phenoxy) is 1. The van der Waals surface area contributed by atoms with Gasteiger partial charge in [-0.3, -0.25) is 9.59 Å². The maximum atomic E-state index is 12.2. The minimum absolute atomic E-state index is 0.143. The van der Waals surface area contributed by atoms with Gasteiger partial charge in [0.05, 0.1) is 12.1 Å². The van der Waals surface area contributed by atoms with Gasteiger partial charge in [0, 0.05) is 12.7 Å². The molecule has 31 heavy (non-hydrogen) atoms. The topological polar surface area (TPSA) is 75.7 Å². The fourth-order valence-corrected chi connectivity index (χ4v) is 2.89. The number of carbonyl (C=O) groups excluding carboxylic acids is 3. The van der Waals surface area contributed by atoms with E-state index in [0.29, 0.717) is 11.3 Å². The van der Waals surface area contributed by atoms with Gasteiger partial charge >= 0.3 is 5.97 Å². The summed E-state index contributed by atoms with van der Waals surface area (Å²) in [7, 11) is 1.49. The fraction of sp³-hybridized carbons (Fsp3) is 0.160. The van der Waals surface area contributed by atoms with Crippen LogP contribution in [0, 0.1) is 6.92 Å². The fourth-order valence-electron chi connectivity index (χ4n) is 2.89. The van der Waals surface area contributed by atoms with Crippen molar-refractivity contribution in [2.24, 2.45) is 0 Å². The number of benzene rings is 3. The number of nitrogens with zero attached hydrogens (tertiary/aromatic N) is 1. The molecule has 0 saturated carbocycles. The molecular formula is C25H24N2O4. The van der Waals surface area contributed by atoms with Gasteiger partial charge < -0.3 is 15.0 Å². The molecule has 0 aliphatic carbocycles. The molecule has 158 valence electrons. The molecule has 0 saturated heterocycles. The second-order valence-electron chi connectivity index (χ2n) is 7.18. The highest BCUT2D eigenvalue weighted by molar-refractivity contribution is 5.95. The quantitative estimate of drug-likeness (QED) is 0.593. The van der Waals surface area contributed by atoms with E-state index in [1.165, 1.54) is 11.9 Å². The molecule has 3 rings (SSSR count). The zero-order valence-corrected chi connectivity index (χ0v) is 17.5. The van der Waals surface area contributed by atoms with Gasteiger partial charge in [-0.25, -0.2) is 4.79 Å². The van der Waals surface area contributed by atoms with Crippen LogP contribution in [0.4, 0.5) is 5.69 Å². The number of aryl methyl sites for hydroxylation is 1. The Morgan fingerprint density at radius 2 is 1.45 bits per heavy atom. The van der Waals surface area contributed by atoms with Crippen molar-refractivity contribution >= 4 is 23.5 Å². The van der Waals surface area contributed by atoms with Crippen LogP contribution in [0.1, 0.15) is 15.9 Å². The Hall–Kier alpha value is -3.93. The number of rotatable bonds is 7. The van der Waals surface area contributed by atoms with Crippen molar-refractivity contribution in [3.8, 4) is 11.1 Å². The molecular weight excluding hydrogens is 392 g/mol. The molecule has 0 spiro atoms. The molecule has 0 unspecified atom stereocenters. The smallest absolute Gasteiger partial charge is 0.338 e. The van der Waals surface area contributed by atoms with Gasteiger partial charge in [-0.1, -0.05) is 60.2 Å². The second kappa shape index (κ2) is 10.2. The van der Waals surface area contributed by atoms with E-state index in [9.17, 15) is 14.4 Å². The molecule has 0 aliphatic rings. The lowest BCUT2D eigenvalue weighted by Gasteiger charge is -2.17. The Morgan fingerprint density at radius 1 is 0.839 bits per heavy atom. The van der Waals surface area contributed by atoms with E-state index in [0.717, 1.165) is 16.7 Å². The number of esters is 1. The first-order valence-electron chi connectivity index (χ1n) is 9.85. The first kappa shape index (κ1) is 21.8. The minimum atomic E-state index is -0.592. The van der Waals surface area contributed by atoms with Crippen LogP contribution in [0.2, 0.25) is 0 Å². The zero-order chi connectivity index (χ0) is 22.2. The minimum Gasteiger partial charge on any atom is -0.452 e. The summed E-state index contributed by atoms with van der Waals surface area (Å²) in [6.07, 6.45) is 0. The van der Waals surface area contributed by atoms with Gasteiger partial charge in [0.2, 0.25) is 5.91 Å². The van der Waals surface area contributed by atoms with Gasteiger partial charge in [0.15, 0.2) is 6.61 Å². The van der Waals surface area contributed by atoms with E-state index < -0.39 is 18.5 Å². The first-order chi connectivity index (χ1) is 14.9. The third kappa shape index (κ3) is 6.27. The van der Waals surface area contributed by atoms with Crippen molar-refractivity contribution in [1.82, 2.24) is 4.90 Å². The second-order valence-corrected chi connectivity index (χ2v) is 7.18. The number of hydrogen-bond donors (Lipinski definition) is 1. The Bertz CT molecular complexity index is 1050. The Labute approximate surface area is 181 Å². The normalized spacial score (nSPS) is 10.3. The van der Waals surface area contributed by atoms with Crippen LogP contribution in [0.5, 0.6) is 0 Å². The van der Waals surface area contributed by atoms with Crippen LogP contribution in [0.15, 0.2) is 78.9 Å². The molecule has 2 amide bonds. The molecule has 3 aromatic rings. The van der Waals surface area contributed by atoms with E-state index in [2.05, 4.69) is 5.32 Å². The third-order valence-corrected chi connectivity index (χ3v) is 4.70. The molecule has 1 N–H and O–H groups in total. The molecule has 0 heterocycles.